The van der Waals surface area contributed by atoms with Gasteiger partial charge in [0, 0.05) is 13.5 Å². The minimum atomic E-state index is -0.419. The number of rotatable bonds is 12. The Morgan fingerprint density at radius 1 is 0.955 bits per heavy atom. The SMILES string of the molecule is [C-]#[N+]CC(=O)NN(CCCCCCCCCCCC)C(C)=O. The molecule has 126 valence electrons. The molecule has 0 fully saturated rings. The Balaban J connectivity index is 3.59. The molecular weight excluding hydrogens is 278 g/mol. The highest BCUT2D eigenvalue weighted by Crippen LogP contribution is 2.10. The second-order valence-corrected chi connectivity index (χ2v) is 5.70. The van der Waals surface area contributed by atoms with Crippen molar-refractivity contribution in [1.82, 2.24) is 10.4 Å². The van der Waals surface area contributed by atoms with Gasteiger partial charge in [-0.3, -0.25) is 20.0 Å². The number of hydrazine groups is 1. The Labute approximate surface area is 135 Å². The molecule has 0 radical (unpaired) electrons. The summed E-state index contributed by atoms with van der Waals surface area (Å²) >= 11 is 0. The minimum Gasteiger partial charge on any atom is -0.306 e. The van der Waals surface area contributed by atoms with Crippen molar-refractivity contribution in [2.75, 3.05) is 13.1 Å². The van der Waals surface area contributed by atoms with E-state index in [0.717, 1.165) is 12.8 Å². The molecule has 0 aromatic rings. The molecule has 0 rings (SSSR count). The molecule has 0 heterocycles. The van der Waals surface area contributed by atoms with Gasteiger partial charge in [0.1, 0.15) is 0 Å². The van der Waals surface area contributed by atoms with Crippen LogP contribution in [-0.2, 0) is 9.59 Å². The summed E-state index contributed by atoms with van der Waals surface area (Å²) in [5, 5.41) is 1.32. The fraction of sp³-hybridized carbons (Fsp3) is 0.824. The van der Waals surface area contributed by atoms with Gasteiger partial charge in [-0.25, -0.2) is 6.57 Å². The molecular formula is C17H31N3O2. The van der Waals surface area contributed by atoms with E-state index < -0.39 is 5.91 Å². The zero-order valence-electron chi connectivity index (χ0n) is 14.2. The van der Waals surface area contributed by atoms with Gasteiger partial charge in [-0.2, -0.15) is 0 Å². The molecule has 1 N–H and O–H groups in total. The first-order valence-corrected chi connectivity index (χ1v) is 8.52. The molecule has 0 saturated carbocycles. The Morgan fingerprint density at radius 2 is 1.45 bits per heavy atom. The van der Waals surface area contributed by atoms with Crippen LogP contribution in [0.5, 0.6) is 0 Å². The molecule has 5 heteroatoms. The zero-order valence-corrected chi connectivity index (χ0v) is 14.2. The van der Waals surface area contributed by atoms with Crippen LogP contribution in [0.15, 0.2) is 0 Å². The first-order chi connectivity index (χ1) is 10.6. The van der Waals surface area contributed by atoms with E-state index in [9.17, 15) is 9.59 Å². The van der Waals surface area contributed by atoms with Gasteiger partial charge in [0.05, 0.1) is 0 Å². The number of hydrogen-bond acceptors (Lipinski definition) is 2. The number of nitrogens with one attached hydrogen (secondary N) is 1. The maximum absolute atomic E-state index is 11.4. The van der Waals surface area contributed by atoms with E-state index in [1.54, 1.807) is 0 Å². The lowest BCUT2D eigenvalue weighted by Gasteiger charge is -2.20. The predicted molar refractivity (Wildman–Crippen MR) is 88.8 cm³/mol. The molecule has 0 unspecified atom stereocenters. The summed E-state index contributed by atoms with van der Waals surface area (Å²) in [4.78, 5) is 25.7. The molecule has 22 heavy (non-hydrogen) atoms. The number of carbonyl (C=O) groups excluding carboxylic acids is 2. The van der Waals surface area contributed by atoms with Crippen LogP contribution >= 0.6 is 0 Å². The third-order valence-corrected chi connectivity index (χ3v) is 3.60. The summed E-state index contributed by atoms with van der Waals surface area (Å²) in [5.74, 6) is -0.605. The number of carbonyl (C=O) groups is 2. The van der Waals surface area contributed by atoms with Gasteiger partial charge < -0.3 is 4.85 Å². The Bertz CT molecular complexity index is 350. The highest BCUT2D eigenvalue weighted by atomic mass is 16.2. The lowest BCUT2D eigenvalue weighted by atomic mass is 10.1. The van der Waals surface area contributed by atoms with Gasteiger partial charge in [0.2, 0.25) is 5.91 Å². The van der Waals surface area contributed by atoms with Crippen molar-refractivity contribution in [1.29, 1.82) is 0 Å². The van der Waals surface area contributed by atoms with Crippen LogP contribution in [0.2, 0.25) is 0 Å². The van der Waals surface area contributed by atoms with Gasteiger partial charge in [-0.15, -0.1) is 0 Å². The lowest BCUT2D eigenvalue weighted by Crippen LogP contribution is -2.46. The van der Waals surface area contributed by atoms with Crippen molar-refractivity contribution in [3.05, 3.63) is 11.4 Å². The second-order valence-electron chi connectivity index (χ2n) is 5.70. The summed E-state index contributed by atoms with van der Waals surface area (Å²) in [5.41, 5.74) is 2.48. The Hall–Kier alpha value is -1.57. The molecule has 0 aliphatic heterocycles. The van der Waals surface area contributed by atoms with E-state index in [-0.39, 0.29) is 12.5 Å². The quantitative estimate of drug-likeness (QED) is 0.339. The van der Waals surface area contributed by atoms with Crippen molar-refractivity contribution in [3.8, 4) is 0 Å². The summed E-state index contributed by atoms with van der Waals surface area (Å²) in [6.45, 7) is 10.6. The predicted octanol–water partition coefficient (Wildman–Crippen LogP) is 3.71. The molecule has 0 aliphatic carbocycles. The fourth-order valence-electron chi connectivity index (χ4n) is 2.31. The zero-order chi connectivity index (χ0) is 16.6. The third kappa shape index (κ3) is 12.2. The van der Waals surface area contributed by atoms with E-state index in [1.807, 2.05) is 0 Å². The number of unbranched alkanes of at least 4 members (excludes halogenated alkanes) is 9. The largest absolute Gasteiger partial charge is 0.318 e. The van der Waals surface area contributed by atoms with Crippen LogP contribution in [0.3, 0.4) is 0 Å². The van der Waals surface area contributed by atoms with Crippen LogP contribution in [0, 0.1) is 6.57 Å². The summed E-state index contributed by atoms with van der Waals surface area (Å²) < 4.78 is 0. The first kappa shape index (κ1) is 20.4. The molecule has 0 aromatic heterocycles. The third-order valence-electron chi connectivity index (χ3n) is 3.60. The van der Waals surface area contributed by atoms with Crippen LogP contribution in [0.4, 0.5) is 0 Å². The maximum atomic E-state index is 11.4. The van der Waals surface area contributed by atoms with Gasteiger partial charge in [-0.1, -0.05) is 64.7 Å². The molecule has 0 aromatic carbocycles. The monoisotopic (exact) mass is 309 g/mol. The van der Waals surface area contributed by atoms with Crippen molar-refractivity contribution >= 4 is 11.8 Å². The highest BCUT2D eigenvalue weighted by molar-refractivity contribution is 5.82. The highest BCUT2D eigenvalue weighted by Gasteiger charge is 2.13. The van der Waals surface area contributed by atoms with Crippen molar-refractivity contribution in [2.45, 2.75) is 78.1 Å². The van der Waals surface area contributed by atoms with Crippen LogP contribution < -0.4 is 5.43 Å². The molecule has 0 bridgehead atoms. The normalized spacial score (nSPS) is 10.0. The lowest BCUT2D eigenvalue weighted by molar-refractivity contribution is -0.139. The topological polar surface area (TPSA) is 53.8 Å². The van der Waals surface area contributed by atoms with Gasteiger partial charge in [-0.05, 0) is 6.42 Å². The number of nitrogens with zero attached hydrogens (tertiary/aromatic N) is 2. The second kappa shape index (κ2) is 14.4. The van der Waals surface area contributed by atoms with E-state index in [4.69, 9.17) is 6.57 Å². The van der Waals surface area contributed by atoms with E-state index in [2.05, 4.69) is 17.2 Å². The smallest absolute Gasteiger partial charge is 0.306 e. The molecule has 2 amide bonds. The minimum absolute atomic E-state index is 0.186. The van der Waals surface area contributed by atoms with Gasteiger partial charge >= 0.3 is 5.91 Å². The van der Waals surface area contributed by atoms with E-state index in [1.165, 1.54) is 63.3 Å². The average Bonchev–Trinajstić information content (AvgIpc) is 2.48. The first-order valence-electron chi connectivity index (χ1n) is 8.52. The average molecular weight is 309 g/mol. The Kier molecular flexibility index (Phi) is 13.3. The molecule has 0 aliphatic rings. The number of amides is 2. The van der Waals surface area contributed by atoms with Crippen molar-refractivity contribution in [3.63, 3.8) is 0 Å². The van der Waals surface area contributed by atoms with E-state index >= 15 is 0 Å². The van der Waals surface area contributed by atoms with E-state index in [0.29, 0.717) is 6.54 Å². The summed E-state index contributed by atoms with van der Waals surface area (Å²) in [7, 11) is 0. The van der Waals surface area contributed by atoms with Gasteiger partial charge in [0.15, 0.2) is 0 Å². The molecule has 0 saturated heterocycles. The standard InChI is InChI=1S/C17H31N3O2/c1-4-5-6-7-8-9-10-11-12-13-14-20(16(2)21)19-17(22)15-18-3/h4-15H2,1-2H3,(H,19,22). The van der Waals surface area contributed by atoms with Crippen molar-refractivity contribution in [2.24, 2.45) is 0 Å². The molecule has 0 atom stereocenters. The maximum Gasteiger partial charge on any atom is 0.318 e. The number of hydrogen-bond donors (Lipinski definition) is 1. The van der Waals surface area contributed by atoms with Gasteiger partial charge in [0.25, 0.3) is 6.54 Å². The van der Waals surface area contributed by atoms with Crippen LogP contribution in [-0.4, -0.2) is 29.9 Å². The molecule has 5 nitrogen and oxygen atoms in total. The summed E-state index contributed by atoms with van der Waals surface area (Å²) in [6.07, 6.45) is 12.3. The molecule has 0 spiro atoms. The van der Waals surface area contributed by atoms with Crippen LogP contribution in [0.25, 0.3) is 4.85 Å². The van der Waals surface area contributed by atoms with Crippen LogP contribution in [0.1, 0.15) is 78.1 Å². The fourth-order valence-corrected chi connectivity index (χ4v) is 2.31. The summed E-state index contributed by atoms with van der Waals surface area (Å²) in [6, 6.07) is 0. The Morgan fingerprint density at radius 3 is 1.91 bits per heavy atom. The van der Waals surface area contributed by atoms with Crippen molar-refractivity contribution < 1.29 is 9.59 Å².